The van der Waals surface area contributed by atoms with Crippen molar-refractivity contribution in [3.63, 3.8) is 0 Å². The van der Waals surface area contributed by atoms with Gasteiger partial charge in [-0.25, -0.2) is 0 Å². The third-order valence-electron chi connectivity index (χ3n) is 2.49. The van der Waals surface area contributed by atoms with Crippen molar-refractivity contribution in [2.45, 2.75) is 64.8 Å². The van der Waals surface area contributed by atoms with Crippen LogP contribution in [-0.2, 0) is 0 Å². The molecule has 15 heavy (non-hydrogen) atoms. The molecule has 0 aliphatic heterocycles. The van der Waals surface area contributed by atoms with Gasteiger partial charge in [-0.3, -0.25) is 0 Å². The van der Waals surface area contributed by atoms with Gasteiger partial charge in [0.15, 0.2) is 0 Å². The Morgan fingerprint density at radius 2 is 1.73 bits per heavy atom. The van der Waals surface area contributed by atoms with Crippen molar-refractivity contribution in [2.75, 3.05) is 6.54 Å². The van der Waals surface area contributed by atoms with E-state index in [0.717, 1.165) is 6.54 Å². The van der Waals surface area contributed by atoms with E-state index in [2.05, 4.69) is 17.4 Å². The summed E-state index contributed by atoms with van der Waals surface area (Å²) in [7, 11) is 0. The highest BCUT2D eigenvalue weighted by atomic mass is 16.4. The molecule has 0 unspecified atom stereocenters. The molecule has 90 valence electrons. The predicted molar refractivity (Wildman–Crippen MR) is 65.7 cm³/mol. The average Bonchev–Trinajstić information content (AvgIpc) is 2.16. The molecule has 3 nitrogen and oxygen atoms in total. The van der Waals surface area contributed by atoms with E-state index in [9.17, 15) is 0 Å². The molecule has 0 bridgehead atoms. The van der Waals surface area contributed by atoms with Crippen LogP contribution in [0.2, 0.25) is 0 Å². The normalized spacial score (nSPS) is 12.5. The number of hydrogen-bond acceptors (Lipinski definition) is 3. The van der Waals surface area contributed by atoms with Crippen LogP contribution in [-0.4, -0.2) is 23.5 Å². The van der Waals surface area contributed by atoms with Crippen LogP contribution in [0.5, 0.6) is 0 Å². The number of nitrogens with zero attached hydrogens (tertiary/aromatic N) is 1. The lowest BCUT2D eigenvalue weighted by molar-refractivity contribution is 0.315. The van der Waals surface area contributed by atoms with Gasteiger partial charge in [-0.15, -0.1) is 5.16 Å². The van der Waals surface area contributed by atoms with Gasteiger partial charge in [0.05, 0.1) is 11.8 Å². The van der Waals surface area contributed by atoms with Gasteiger partial charge < -0.3 is 10.5 Å². The Bertz CT molecular complexity index is 167. The highest BCUT2D eigenvalue weighted by Gasteiger charge is 2.12. The fourth-order valence-corrected chi connectivity index (χ4v) is 1.51. The van der Waals surface area contributed by atoms with Gasteiger partial charge in [-0.05, 0) is 26.8 Å². The fourth-order valence-electron chi connectivity index (χ4n) is 1.51. The summed E-state index contributed by atoms with van der Waals surface area (Å²) in [6.07, 6.45) is 9.38. The largest absolute Gasteiger partial charge is 0.411 e. The van der Waals surface area contributed by atoms with Crippen molar-refractivity contribution in [3.8, 4) is 0 Å². The van der Waals surface area contributed by atoms with Crippen LogP contribution >= 0.6 is 0 Å². The lowest BCUT2D eigenvalue weighted by Gasteiger charge is -2.20. The van der Waals surface area contributed by atoms with Gasteiger partial charge in [0.25, 0.3) is 0 Å². The molecule has 0 fully saturated rings. The van der Waals surface area contributed by atoms with Crippen LogP contribution in [0.1, 0.15) is 59.3 Å². The average molecular weight is 214 g/mol. The second kappa shape index (κ2) is 8.72. The van der Waals surface area contributed by atoms with Crippen molar-refractivity contribution in [1.82, 2.24) is 5.32 Å². The van der Waals surface area contributed by atoms with Gasteiger partial charge in [0.2, 0.25) is 0 Å². The summed E-state index contributed by atoms with van der Waals surface area (Å²) in [5.41, 5.74) is -0.196. The molecule has 0 atom stereocenters. The molecule has 0 aliphatic carbocycles. The van der Waals surface area contributed by atoms with E-state index >= 15 is 0 Å². The number of oxime groups is 1. The van der Waals surface area contributed by atoms with Crippen LogP contribution in [0.4, 0.5) is 0 Å². The van der Waals surface area contributed by atoms with Gasteiger partial charge in [0, 0.05) is 0 Å². The van der Waals surface area contributed by atoms with E-state index in [1.165, 1.54) is 44.7 Å². The summed E-state index contributed by atoms with van der Waals surface area (Å²) in [5, 5.41) is 14.8. The quantitative estimate of drug-likeness (QED) is 0.268. The molecule has 0 radical (unpaired) electrons. The minimum absolute atomic E-state index is 0.196. The molecule has 0 aliphatic rings. The summed E-state index contributed by atoms with van der Waals surface area (Å²) >= 11 is 0. The third-order valence-corrected chi connectivity index (χ3v) is 2.49. The standard InChI is InChI=1S/C12H26N2O/c1-4-5-6-7-8-9-10-13-12(2,3)11-14-15/h11,13,15H,4-10H2,1-3H3. The zero-order chi connectivity index (χ0) is 11.6. The van der Waals surface area contributed by atoms with E-state index in [1.807, 2.05) is 13.8 Å². The van der Waals surface area contributed by atoms with Gasteiger partial charge in [-0.1, -0.05) is 39.0 Å². The van der Waals surface area contributed by atoms with Gasteiger partial charge >= 0.3 is 0 Å². The van der Waals surface area contributed by atoms with Crippen LogP contribution < -0.4 is 5.32 Å². The third kappa shape index (κ3) is 9.73. The van der Waals surface area contributed by atoms with Crippen LogP contribution in [0, 0.1) is 0 Å². The van der Waals surface area contributed by atoms with Crippen molar-refractivity contribution in [2.24, 2.45) is 5.16 Å². The van der Waals surface area contributed by atoms with Crippen molar-refractivity contribution in [1.29, 1.82) is 0 Å². The second-order valence-electron chi connectivity index (χ2n) is 4.66. The molecule has 0 rings (SSSR count). The minimum Gasteiger partial charge on any atom is -0.411 e. The number of nitrogens with one attached hydrogen (secondary N) is 1. The highest BCUT2D eigenvalue weighted by Crippen LogP contribution is 2.05. The monoisotopic (exact) mass is 214 g/mol. The minimum atomic E-state index is -0.196. The summed E-state index contributed by atoms with van der Waals surface area (Å²) in [6, 6.07) is 0. The van der Waals surface area contributed by atoms with Crippen molar-refractivity contribution >= 4 is 6.21 Å². The first-order valence-corrected chi connectivity index (χ1v) is 6.06. The first kappa shape index (κ1) is 14.4. The lowest BCUT2D eigenvalue weighted by atomic mass is 10.1. The van der Waals surface area contributed by atoms with E-state index < -0.39 is 0 Å². The first-order valence-electron chi connectivity index (χ1n) is 6.06. The Balaban J connectivity index is 3.30. The molecular weight excluding hydrogens is 188 g/mol. The number of rotatable bonds is 9. The van der Waals surface area contributed by atoms with E-state index in [0.29, 0.717) is 0 Å². The maximum absolute atomic E-state index is 8.43. The lowest BCUT2D eigenvalue weighted by Crippen LogP contribution is -2.41. The Kier molecular flexibility index (Phi) is 8.38. The van der Waals surface area contributed by atoms with Crippen LogP contribution in [0.3, 0.4) is 0 Å². The zero-order valence-corrected chi connectivity index (χ0v) is 10.4. The Labute approximate surface area is 93.9 Å². The molecule has 0 aromatic heterocycles. The Morgan fingerprint density at radius 1 is 1.13 bits per heavy atom. The molecule has 0 amide bonds. The molecule has 0 heterocycles. The van der Waals surface area contributed by atoms with Crippen LogP contribution in [0.25, 0.3) is 0 Å². The molecular formula is C12H26N2O. The molecule has 0 spiro atoms. The Hall–Kier alpha value is -0.570. The van der Waals surface area contributed by atoms with E-state index in [-0.39, 0.29) is 5.54 Å². The summed E-state index contributed by atoms with van der Waals surface area (Å²) in [4.78, 5) is 0. The molecule has 0 aromatic rings. The van der Waals surface area contributed by atoms with Crippen LogP contribution in [0.15, 0.2) is 5.16 Å². The SMILES string of the molecule is CCCCCCCCNC(C)(C)C=NO. The summed E-state index contributed by atoms with van der Waals surface area (Å²) < 4.78 is 0. The molecule has 0 aromatic carbocycles. The number of hydrogen-bond donors (Lipinski definition) is 2. The van der Waals surface area contributed by atoms with E-state index in [4.69, 9.17) is 5.21 Å². The molecule has 3 heteroatoms. The van der Waals surface area contributed by atoms with Crippen molar-refractivity contribution < 1.29 is 5.21 Å². The molecule has 2 N–H and O–H groups in total. The summed E-state index contributed by atoms with van der Waals surface area (Å²) in [6.45, 7) is 7.23. The Morgan fingerprint density at radius 3 is 2.33 bits per heavy atom. The van der Waals surface area contributed by atoms with E-state index in [1.54, 1.807) is 0 Å². The molecule has 0 saturated heterocycles. The van der Waals surface area contributed by atoms with Gasteiger partial charge in [-0.2, -0.15) is 0 Å². The number of unbranched alkanes of at least 4 members (excludes halogenated alkanes) is 5. The highest BCUT2D eigenvalue weighted by molar-refractivity contribution is 5.68. The zero-order valence-electron chi connectivity index (χ0n) is 10.4. The summed E-state index contributed by atoms with van der Waals surface area (Å²) in [5.74, 6) is 0. The first-order chi connectivity index (χ1) is 7.12. The second-order valence-corrected chi connectivity index (χ2v) is 4.66. The van der Waals surface area contributed by atoms with Crippen molar-refractivity contribution in [3.05, 3.63) is 0 Å². The molecule has 0 saturated carbocycles. The maximum Gasteiger partial charge on any atom is 0.0631 e. The fraction of sp³-hybridized carbons (Fsp3) is 0.917. The smallest absolute Gasteiger partial charge is 0.0631 e. The maximum atomic E-state index is 8.43. The predicted octanol–water partition coefficient (Wildman–Crippen LogP) is 3.18. The van der Waals surface area contributed by atoms with Gasteiger partial charge in [0.1, 0.15) is 0 Å². The topological polar surface area (TPSA) is 44.6 Å².